The molecule has 0 saturated heterocycles. The van der Waals surface area contributed by atoms with Crippen LogP contribution in [-0.2, 0) is 5.54 Å². The number of nitrogens with two attached hydrogens (primary N) is 1. The molecular weight excluding hydrogens is 499 g/mol. The molecule has 2 aromatic carbocycles. The van der Waals surface area contributed by atoms with Crippen molar-refractivity contribution in [1.29, 1.82) is 0 Å². The van der Waals surface area contributed by atoms with E-state index in [2.05, 4.69) is 9.97 Å². The summed E-state index contributed by atoms with van der Waals surface area (Å²) >= 11 is 0. The van der Waals surface area contributed by atoms with Crippen LogP contribution in [0.5, 0.6) is 11.5 Å². The van der Waals surface area contributed by atoms with Crippen LogP contribution in [-0.4, -0.2) is 45.5 Å². The summed E-state index contributed by atoms with van der Waals surface area (Å²) in [4.78, 5) is 23.2. The maximum Gasteiger partial charge on any atom is 0.387 e. The Morgan fingerprint density at radius 1 is 1.26 bits per heavy atom. The fourth-order valence-electron chi connectivity index (χ4n) is 5.80. The Morgan fingerprint density at radius 3 is 2.89 bits per heavy atom. The molecule has 3 aliphatic rings. The molecule has 194 valence electrons. The first-order chi connectivity index (χ1) is 19.4. The van der Waals surface area contributed by atoms with Crippen molar-refractivity contribution >= 4 is 16.9 Å². The number of alkyl halides is 2. The van der Waals surface area contributed by atoms with Gasteiger partial charge in [0.15, 0.2) is 5.82 Å². The summed E-state index contributed by atoms with van der Waals surface area (Å²) in [5.74, 6) is -1.27. The molecule has 0 saturated carbocycles. The van der Waals surface area contributed by atoms with E-state index in [1.165, 1.54) is 35.0 Å². The second kappa shape index (κ2) is 7.70. The molecule has 11 heteroatoms. The highest BCUT2D eigenvalue weighted by molar-refractivity contribution is 5.98. The fourth-order valence-corrected chi connectivity index (χ4v) is 5.80. The van der Waals surface area contributed by atoms with Crippen molar-refractivity contribution < 1.29 is 31.6 Å². The summed E-state index contributed by atoms with van der Waals surface area (Å²) in [5, 5.41) is 0. The maximum atomic E-state index is 16.5. The third-order valence-electron chi connectivity index (χ3n) is 7.48. The molecule has 2 bridgehead atoms. The van der Waals surface area contributed by atoms with Crippen molar-refractivity contribution in [2.45, 2.75) is 37.6 Å². The normalized spacial score (nSPS) is 24.8. The summed E-state index contributed by atoms with van der Waals surface area (Å²) in [6.45, 7) is -4.09. The van der Waals surface area contributed by atoms with Gasteiger partial charge in [-0.1, -0.05) is 6.07 Å². The van der Waals surface area contributed by atoms with Gasteiger partial charge in [-0.15, -0.1) is 0 Å². The zero-order chi connectivity index (χ0) is 29.0. The lowest BCUT2D eigenvalue weighted by Gasteiger charge is -2.24. The van der Waals surface area contributed by atoms with E-state index in [9.17, 15) is 13.6 Å². The van der Waals surface area contributed by atoms with Crippen LogP contribution in [0.4, 0.5) is 13.2 Å². The SMILES string of the molecule is [2H]C([2H])([2H])N1C(=O)c2cccc(OC(F)F)c2[C@H]2C[C@@H]1c1nc3ccc(-c4cnc5c(c4)OCC5(C)N)c(F)c3n12. The lowest BCUT2D eigenvalue weighted by Crippen LogP contribution is -2.35. The number of nitrogens with zero attached hydrogens (tertiary/aromatic N) is 4. The van der Waals surface area contributed by atoms with Crippen LogP contribution < -0.4 is 15.2 Å². The average Bonchev–Trinajstić information content (AvgIpc) is 3.50. The van der Waals surface area contributed by atoms with Gasteiger partial charge in [0.25, 0.3) is 5.91 Å². The Hall–Kier alpha value is -4.12. The number of rotatable bonds is 3. The molecule has 1 amide bonds. The highest BCUT2D eigenvalue weighted by atomic mass is 19.3. The number of pyridine rings is 1. The van der Waals surface area contributed by atoms with Crippen LogP contribution in [0, 0.1) is 5.82 Å². The molecule has 1 unspecified atom stereocenters. The van der Waals surface area contributed by atoms with Gasteiger partial charge in [-0.05, 0) is 37.3 Å². The zero-order valence-electron chi connectivity index (χ0n) is 22.9. The van der Waals surface area contributed by atoms with Crippen LogP contribution >= 0.6 is 0 Å². The molecule has 5 heterocycles. The number of aromatic nitrogens is 3. The van der Waals surface area contributed by atoms with Crippen LogP contribution in [0.2, 0.25) is 0 Å². The van der Waals surface area contributed by atoms with E-state index in [0.29, 0.717) is 21.9 Å². The molecular formula is C27H22F3N5O3. The predicted molar refractivity (Wildman–Crippen MR) is 131 cm³/mol. The quantitative estimate of drug-likeness (QED) is 0.423. The number of carbonyl (C=O) groups excluding carboxylic acids is 1. The summed E-state index contributed by atoms with van der Waals surface area (Å²) < 4.78 is 79.6. The largest absolute Gasteiger partial charge is 0.489 e. The molecule has 8 nitrogen and oxygen atoms in total. The lowest BCUT2D eigenvalue weighted by atomic mass is 9.97. The van der Waals surface area contributed by atoms with Gasteiger partial charge in [0.1, 0.15) is 35.1 Å². The molecule has 3 atom stereocenters. The third-order valence-corrected chi connectivity index (χ3v) is 7.48. The van der Waals surface area contributed by atoms with E-state index in [1.54, 1.807) is 19.1 Å². The summed E-state index contributed by atoms with van der Waals surface area (Å²) in [6, 6.07) is 6.74. The van der Waals surface area contributed by atoms with Gasteiger partial charge in [-0.2, -0.15) is 8.78 Å². The molecule has 4 aromatic rings. The van der Waals surface area contributed by atoms with Gasteiger partial charge in [0, 0.05) is 46.0 Å². The second-order valence-corrected chi connectivity index (χ2v) is 9.95. The number of carbonyl (C=O) groups is 1. The number of fused-ring (bicyclic) bond motifs is 10. The van der Waals surface area contributed by atoms with E-state index in [-0.39, 0.29) is 52.3 Å². The third kappa shape index (κ3) is 3.05. The number of hydrogen-bond acceptors (Lipinski definition) is 6. The summed E-state index contributed by atoms with van der Waals surface area (Å²) in [7, 11) is 0. The van der Waals surface area contributed by atoms with Gasteiger partial charge in [-0.3, -0.25) is 9.78 Å². The van der Waals surface area contributed by atoms with Crippen LogP contribution in [0.1, 0.15) is 57.0 Å². The van der Waals surface area contributed by atoms with Crippen LogP contribution in [0.15, 0.2) is 42.6 Å². The van der Waals surface area contributed by atoms with E-state index < -0.39 is 42.9 Å². The molecule has 7 rings (SSSR count). The topological polar surface area (TPSA) is 95.5 Å². The summed E-state index contributed by atoms with van der Waals surface area (Å²) in [6.07, 6.45) is 1.47. The Labute approximate surface area is 219 Å². The first kappa shape index (κ1) is 19.9. The first-order valence-electron chi connectivity index (χ1n) is 13.4. The number of amides is 1. The van der Waals surface area contributed by atoms with Gasteiger partial charge in [0.2, 0.25) is 0 Å². The van der Waals surface area contributed by atoms with Crippen molar-refractivity contribution in [2.75, 3.05) is 13.6 Å². The number of benzene rings is 2. The van der Waals surface area contributed by atoms with Crippen molar-refractivity contribution in [1.82, 2.24) is 19.4 Å². The maximum absolute atomic E-state index is 16.5. The minimum Gasteiger partial charge on any atom is -0.489 e. The summed E-state index contributed by atoms with van der Waals surface area (Å²) in [5.41, 5.74) is 6.77. The van der Waals surface area contributed by atoms with Crippen LogP contribution in [0.3, 0.4) is 0 Å². The standard InChI is InChI=1S/C27H22F3N5O3/c1-27(31)11-37-19-8-12(10-32-23(19)27)13-6-7-15-22(21(13)28)35-16-9-17(24(35)33-15)34(2)25(36)14-4-3-5-18(20(14)16)38-26(29)30/h3-8,10,16-17,26H,9,11,31H2,1-2H3/t16-,17-,27?/m1/s1/i2D3. The number of halogens is 3. The van der Waals surface area contributed by atoms with Crippen LogP contribution in [0.25, 0.3) is 22.2 Å². The molecule has 2 N–H and O–H groups in total. The van der Waals surface area contributed by atoms with E-state index in [1.807, 2.05) is 0 Å². The van der Waals surface area contributed by atoms with Crippen molar-refractivity contribution in [3.63, 3.8) is 0 Å². The first-order valence-corrected chi connectivity index (χ1v) is 11.9. The lowest BCUT2D eigenvalue weighted by molar-refractivity contribution is -0.0507. The van der Waals surface area contributed by atoms with Crippen molar-refractivity contribution in [3.05, 3.63) is 71.1 Å². The van der Waals surface area contributed by atoms with E-state index >= 15 is 4.39 Å². The minimum absolute atomic E-state index is 0.0218. The number of ether oxygens (including phenoxy) is 2. The molecule has 38 heavy (non-hydrogen) atoms. The second-order valence-electron chi connectivity index (χ2n) is 9.95. The molecule has 0 aliphatic carbocycles. The Bertz CT molecular complexity index is 1770. The van der Waals surface area contributed by atoms with Gasteiger partial charge < -0.3 is 24.7 Å². The van der Waals surface area contributed by atoms with Gasteiger partial charge in [0.05, 0.1) is 23.1 Å². The highest BCUT2D eigenvalue weighted by Crippen LogP contribution is 2.51. The molecule has 0 spiro atoms. The van der Waals surface area contributed by atoms with E-state index in [0.717, 1.165) is 0 Å². The van der Waals surface area contributed by atoms with Gasteiger partial charge in [-0.25, -0.2) is 9.37 Å². The fraction of sp³-hybridized carbons (Fsp3) is 0.296. The Morgan fingerprint density at radius 2 is 2.11 bits per heavy atom. The predicted octanol–water partition coefficient (Wildman–Crippen LogP) is 4.52. The molecule has 0 fully saturated rings. The number of hydrogen-bond donors (Lipinski definition) is 1. The van der Waals surface area contributed by atoms with Crippen molar-refractivity contribution in [3.8, 4) is 22.6 Å². The molecule has 0 radical (unpaired) electrons. The Kier molecular flexibility index (Phi) is 4.04. The highest BCUT2D eigenvalue weighted by Gasteiger charge is 2.45. The van der Waals surface area contributed by atoms with Gasteiger partial charge >= 0.3 is 6.61 Å². The smallest absolute Gasteiger partial charge is 0.387 e. The zero-order valence-corrected chi connectivity index (χ0v) is 19.9. The van der Waals surface area contributed by atoms with Crippen molar-refractivity contribution in [2.24, 2.45) is 5.73 Å². The monoisotopic (exact) mass is 524 g/mol. The molecule has 3 aliphatic heterocycles. The number of imidazole rings is 1. The van der Waals surface area contributed by atoms with E-state index in [4.69, 9.17) is 19.3 Å². The molecule has 2 aromatic heterocycles. The Balaban J connectivity index is 1.47. The average molecular weight is 525 g/mol. The minimum atomic E-state index is -3.21.